The minimum Gasteiger partial charge on any atom is -0.310 e. The van der Waals surface area contributed by atoms with Gasteiger partial charge < -0.3 is 4.57 Å². The van der Waals surface area contributed by atoms with Gasteiger partial charge in [-0.25, -0.2) is 0 Å². The fraction of sp³-hybridized carbons (Fsp3) is 0.231. The zero-order chi connectivity index (χ0) is 12.4. The van der Waals surface area contributed by atoms with Crippen LogP contribution in [0.2, 0.25) is 0 Å². The fourth-order valence-electron chi connectivity index (χ4n) is 1.74. The highest BCUT2D eigenvalue weighted by atomic mass is 16.2. The Morgan fingerprint density at radius 1 is 1.12 bits per heavy atom. The molecule has 0 saturated carbocycles. The van der Waals surface area contributed by atoms with E-state index in [2.05, 4.69) is 0 Å². The lowest BCUT2D eigenvalue weighted by Crippen LogP contribution is -2.39. The van der Waals surface area contributed by atoms with Gasteiger partial charge in [0.05, 0.1) is 0 Å². The van der Waals surface area contributed by atoms with E-state index in [1.54, 1.807) is 12.4 Å². The summed E-state index contributed by atoms with van der Waals surface area (Å²) in [6.07, 6.45) is 3.26. The molecule has 0 radical (unpaired) electrons. The largest absolute Gasteiger partial charge is 0.320 e. The van der Waals surface area contributed by atoms with Gasteiger partial charge in [-0.05, 0) is 31.5 Å². The first-order chi connectivity index (χ1) is 8.13. The minimum atomic E-state index is -0.514. The number of aromatic nitrogens is 2. The first kappa shape index (κ1) is 11.4. The van der Waals surface area contributed by atoms with Gasteiger partial charge in [0.25, 0.3) is 0 Å². The van der Waals surface area contributed by atoms with E-state index in [4.69, 9.17) is 0 Å². The van der Waals surface area contributed by atoms with Crippen molar-refractivity contribution in [3.8, 4) is 5.69 Å². The molecule has 88 valence electrons. The normalized spacial score (nSPS) is 10.5. The number of rotatable bonds is 2. The van der Waals surface area contributed by atoms with E-state index >= 15 is 0 Å². The fourth-order valence-corrected chi connectivity index (χ4v) is 1.74. The zero-order valence-electron chi connectivity index (χ0n) is 9.88. The highest BCUT2D eigenvalue weighted by molar-refractivity contribution is 5.35. The van der Waals surface area contributed by atoms with Gasteiger partial charge in [0.15, 0.2) is 0 Å². The molecule has 0 aliphatic rings. The number of nitrogens with zero attached hydrogens (tertiary/aromatic N) is 2. The van der Waals surface area contributed by atoms with Crippen LogP contribution in [0.3, 0.4) is 0 Å². The lowest BCUT2D eigenvalue weighted by atomic mass is 10.2. The topological polar surface area (TPSA) is 44.0 Å². The van der Waals surface area contributed by atoms with Crippen molar-refractivity contribution in [1.29, 1.82) is 0 Å². The molecule has 0 fully saturated rings. The quantitative estimate of drug-likeness (QED) is 0.730. The smallest absolute Gasteiger partial charge is 0.310 e. The second kappa shape index (κ2) is 4.41. The average Bonchev–Trinajstić information content (AvgIpc) is 2.32. The van der Waals surface area contributed by atoms with Crippen molar-refractivity contribution in [3.05, 3.63) is 62.9 Å². The van der Waals surface area contributed by atoms with Crippen molar-refractivity contribution >= 4 is 0 Å². The maximum atomic E-state index is 11.9. The summed E-state index contributed by atoms with van der Waals surface area (Å²) >= 11 is 0. The van der Waals surface area contributed by atoms with Crippen molar-refractivity contribution in [2.24, 2.45) is 0 Å². The standard InChI is InChI=1S/C13H14N2O2/c1-3-14-7-8-15(13(17)12(14)16)11-6-4-5-10(2)9-11/h4-9H,3H2,1-2H3. The lowest BCUT2D eigenvalue weighted by Gasteiger charge is -2.07. The first-order valence-electron chi connectivity index (χ1n) is 5.52. The van der Waals surface area contributed by atoms with Gasteiger partial charge in [-0.2, -0.15) is 0 Å². The molecule has 1 heterocycles. The van der Waals surface area contributed by atoms with E-state index in [0.717, 1.165) is 11.3 Å². The average molecular weight is 230 g/mol. The van der Waals surface area contributed by atoms with Crippen LogP contribution in [-0.2, 0) is 6.54 Å². The summed E-state index contributed by atoms with van der Waals surface area (Å²) < 4.78 is 2.77. The third-order valence-electron chi connectivity index (χ3n) is 2.68. The molecular formula is C13H14N2O2. The van der Waals surface area contributed by atoms with Crippen molar-refractivity contribution in [2.45, 2.75) is 20.4 Å². The first-order valence-corrected chi connectivity index (χ1v) is 5.52. The molecule has 2 aromatic rings. The third-order valence-corrected chi connectivity index (χ3v) is 2.68. The molecule has 0 N–H and O–H groups in total. The van der Waals surface area contributed by atoms with E-state index in [1.165, 1.54) is 9.13 Å². The Morgan fingerprint density at radius 3 is 2.53 bits per heavy atom. The summed E-state index contributed by atoms with van der Waals surface area (Å²) in [6.45, 7) is 4.28. The van der Waals surface area contributed by atoms with E-state index in [9.17, 15) is 9.59 Å². The third kappa shape index (κ3) is 2.06. The van der Waals surface area contributed by atoms with Crippen molar-refractivity contribution in [1.82, 2.24) is 9.13 Å². The van der Waals surface area contributed by atoms with E-state index in [1.807, 2.05) is 38.1 Å². The molecular weight excluding hydrogens is 216 g/mol. The molecule has 1 aromatic heterocycles. The van der Waals surface area contributed by atoms with Crippen LogP contribution in [0, 0.1) is 6.92 Å². The van der Waals surface area contributed by atoms with Crippen molar-refractivity contribution < 1.29 is 0 Å². The zero-order valence-corrected chi connectivity index (χ0v) is 9.88. The Hall–Kier alpha value is -2.10. The van der Waals surface area contributed by atoms with Crippen LogP contribution in [0.15, 0.2) is 46.2 Å². The minimum absolute atomic E-state index is 0.489. The Balaban J connectivity index is 2.66. The molecule has 4 nitrogen and oxygen atoms in total. The molecule has 0 amide bonds. The molecule has 0 saturated heterocycles. The molecule has 17 heavy (non-hydrogen) atoms. The predicted octanol–water partition coefficient (Wildman–Crippen LogP) is 1.33. The highest BCUT2D eigenvalue weighted by Gasteiger charge is 2.05. The Labute approximate surface area is 98.8 Å². The van der Waals surface area contributed by atoms with Crippen LogP contribution in [0.1, 0.15) is 12.5 Å². The van der Waals surface area contributed by atoms with Crippen LogP contribution in [-0.4, -0.2) is 9.13 Å². The lowest BCUT2D eigenvalue weighted by molar-refractivity contribution is 0.693. The second-order valence-corrected chi connectivity index (χ2v) is 3.90. The molecule has 0 bridgehead atoms. The van der Waals surface area contributed by atoms with E-state index in [0.29, 0.717) is 6.54 Å². The molecule has 0 atom stereocenters. The molecule has 0 aliphatic heterocycles. The van der Waals surface area contributed by atoms with Crippen LogP contribution in [0.5, 0.6) is 0 Å². The Morgan fingerprint density at radius 2 is 1.88 bits per heavy atom. The van der Waals surface area contributed by atoms with Crippen molar-refractivity contribution in [3.63, 3.8) is 0 Å². The Kier molecular flexibility index (Phi) is 2.95. The maximum Gasteiger partial charge on any atom is 0.320 e. The summed E-state index contributed by atoms with van der Waals surface area (Å²) in [5.41, 5.74) is 0.765. The van der Waals surface area contributed by atoms with Crippen LogP contribution >= 0.6 is 0 Å². The highest BCUT2D eigenvalue weighted by Crippen LogP contribution is 2.06. The van der Waals surface area contributed by atoms with Gasteiger partial charge in [0.1, 0.15) is 0 Å². The number of hydrogen-bond acceptors (Lipinski definition) is 2. The molecule has 1 aromatic carbocycles. The molecule has 2 rings (SSSR count). The molecule has 0 unspecified atom stereocenters. The Bertz CT molecular complexity index is 653. The van der Waals surface area contributed by atoms with Crippen LogP contribution in [0.25, 0.3) is 5.69 Å². The van der Waals surface area contributed by atoms with Gasteiger partial charge >= 0.3 is 11.1 Å². The molecule has 0 spiro atoms. The molecule has 0 aliphatic carbocycles. The van der Waals surface area contributed by atoms with Gasteiger partial charge in [-0.15, -0.1) is 0 Å². The van der Waals surface area contributed by atoms with E-state index < -0.39 is 11.1 Å². The summed E-state index contributed by atoms with van der Waals surface area (Å²) in [6, 6.07) is 7.49. The number of hydrogen-bond donors (Lipinski definition) is 0. The monoisotopic (exact) mass is 230 g/mol. The second-order valence-electron chi connectivity index (χ2n) is 3.90. The SMILES string of the molecule is CCn1ccn(-c2cccc(C)c2)c(=O)c1=O. The van der Waals surface area contributed by atoms with Crippen LogP contribution < -0.4 is 11.1 Å². The van der Waals surface area contributed by atoms with Gasteiger partial charge in [-0.3, -0.25) is 14.2 Å². The van der Waals surface area contributed by atoms with Crippen LogP contribution in [0.4, 0.5) is 0 Å². The maximum absolute atomic E-state index is 11.9. The summed E-state index contributed by atoms with van der Waals surface area (Å²) in [5, 5.41) is 0. The van der Waals surface area contributed by atoms with E-state index in [-0.39, 0.29) is 0 Å². The van der Waals surface area contributed by atoms with Gasteiger partial charge in [-0.1, -0.05) is 12.1 Å². The number of aryl methyl sites for hydroxylation is 2. The number of benzene rings is 1. The molecule has 4 heteroatoms. The van der Waals surface area contributed by atoms with Gasteiger partial charge in [0, 0.05) is 24.6 Å². The predicted molar refractivity (Wildman–Crippen MR) is 66.7 cm³/mol. The summed E-state index contributed by atoms with van der Waals surface area (Å²) in [4.78, 5) is 23.6. The summed E-state index contributed by atoms with van der Waals surface area (Å²) in [7, 11) is 0. The summed E-state index contributed by atoms with van der Waals surface area (Å²) in [5.74, 6) is 0. The van der Waals surface area contributed by atoms with Gasteiger partial charge in [0.2, 0.25) is 0 Å². The van der Waals surface area contributed by atoms with Crippen molar-refractivity contribution in [2.75, 3.05) is 0 Å².